The molecule has 0 aromatic rings. The van der Waals surface area contributed by atoms with E-state index in [4.69, 9.17) is 0 Å². The fraction of sp³-hybridized carbons (Fsp3) is 0. The third-order valence-electron chi connectivity index (χ3n) is 0.305. The fourth-order valence-corrected chi connectivity index (χ4v) is 0.344. The van der Waals surface area contributed by atoms with Crippen LogP contribution in [0.25, 0.3) is 0 Å². The van der Waals surface area contributed by atoms with Crippen molar-refractivity contribution in [2.24, 2.45) is 8.80 Å². The van der Waals surface area contributed by atoms with E-state index in [0.717, 1.165) is 0 Å². The molecule has 0 amide bonds. The summed E-state index contributed by atoms with van der Waals surface area (Å²) >= 11 is 0. The minimum Gasteiger partial charge on any atom is -0.210 e. The van der Waals surface area contributed by atoms with Gasteiger partial charge in [0.2, 0.25) is 0 Å². The lowest BCUT2D eigenvalue weighted by molar-refractivity contribution is 0.561. The highest BCUT2D eigenvalue weighted by molar-refractivity contribution is 7.89. The van der Waals surface area contributed by atoms with Crippen molar-refractivity contribution < 1.29 is 18.0 Å². The summed E-state index contributed by atoms with van der Waals surface area (Å²) in [7, 11) is -4.28. The van der Waals surface area contributed by atoms with Gasteiger partial charge in [0.15, 0.2) is 0 Å². The van der Waals surface area contributed by atoms with E-state index < -0.39 is 10.2 Å². The van der Waals surface area contributed by atoms with Gasteiger partial charge >= 0.3 is 10.2 Å². The first-order valence-electron chi connectivity index (χ1n) is 1.55. The summed E-state index contributed by atoms with van der Waals surface area (Å²) < 4.78 is 24.3. The van der Waals surface area contributed by atoms with Crippen LogP contribution in [0.15, 0.2) is 8.80 Å². The van der Waals surface area contributed by atoms with Crippen LogP contribution in [-0.4, -0.2) is 20.6 Å². The molecule has 0 radical (unpaired) electrons. The van der Waals surface area contributed by atoms with Gasteiger partial charge in [-0.3, -0.25) is 0 Å². The molecule has 0 aromatic carbocycles. The van der Waals surface area contributed by atoms with Crippen molar-refractivity contribution in [3.8, 4) is 0 Å². The first-order chi connectivity index (χ1) is 4.12. The van der Waals surface area contributed by atoms with Crippen LogP contribution in [0.3, 0.4) is 0 Å². The molecule has 7 heteroatoms. The third kappa shape index (κ3) is 3.31. The first-order valence-corrected chi connectivity index (χ1v) is 2.95. The summed E-state index contributed by atoms with van der Waals surface area (Å²) in [4.78, 5) is 18.5. The van der Waals surface area contributed by atoms with Crippen molar-refractivity contribution in [2.45, 2.75) is 0 Å². The Morgan fingerprint density at radius 1 is 1.00 bits per heavy atom. The van der Waals surface area contributed by atoms with Crippen LogP contribution in [0.5, 0.6) is 0 Å². The largest absolute Gasteiger partial charge is 0.383 e. The van der Waals surface area contributed by atoms with Crippen LogP contribution in [0.1, 0.15) is 0 Å². The molecular weight excluding hydrogens is 148 g/mol. The van der Waals surface area contributed by atoms with Crippen molar-refractivity contribution in [2.75, 3.05) is 0 Å². The van der Waals surface area contributed by atoms with Gasteiger partial charge in [-0.2, -0.15) is 8.42 Å². The molecule has 0 unspecified atom stereocenters. The summed E-state index contributed by atoms with van der Waals surface area (Å²) in [5.74, 6) is 0. The van der Waals surface area contributed by atoms with Crippen LogP contribution in [0.4, 0.5) is 0 Å². The van der Waals surface area contributed by atoms with E-state index in [1.807, 2.05) is 0 Å². The molecule has 0 bridgehead atoms. The van der Waals surface area contributed by atoms with Gasteiger partial charge in [-0.05, 0) is 0 Å². The van der Waals surface area contributed by atoms with E-state index in [1.54, 1.807) is 0 Å². The summed E-state index contributed by atoms with van der Waals surface area (Å²) in [6.45, 7) is 0. The van der Waals surface area contributed by atoms with Crippen LogP contribution in [0.2, 0.25) is 0 Å². The van der Waals surface area contributed by atoms with Crippen molar-refractivity contribution in [3.63, 3.8) is 0 Å². The Morgan fingerprint density at radius 3 is 1.56 bits per heavy atom. The maximum absolute atomic E-state index is 9.97. The van der Waals surface area contributed by atoms with Gasteiger partial charge in [-0.1, -0.05) is 8.80 Å². The van der Waals surface area contributed by atoms with Gasteiger partial charge in [0.05, 0.1) is 0 Å². The molecule has 0 saturated carbocycles. The molecule has 0 spiro atoms. The Balaban J connectivity index is 4.84. The first kappa shape index (κ1) is 7.71. The highest BCUT2D eigenvalue weighted by Gasteiger charge is 2.00. The quantitative estimate of drug-likeness (QED) is 0.367. The third-order valence-corrected chi connectivity index (χ3v) is 0.916. The van der Waals surface area contributed by atoms with Gasteiger partial charge < -0.3 is 0 Å². The van der Waals surface area contributed by atoms with Crippen LogP contribution in [-0.2, 0) is 19.8 Å². The van der Waals surface area contributed by atoms with Crippen molar-refractivity contribution in [1.29, 1.82) is 0 Å². The van der Waals surface area contributed by atoms with Crippen molar-refractivity contribution in [3.05, 3.63) is 0 Å². The van der Waals surface area contributed by atoms with Crippen LogP contribution < -0.4 is 0 Å². The number of hydrogen-bond acceptors (Lipinski definition) is 4. The lowest BCUT2D eigenvalue weighted by Crippen LogP contribution is -1.86. The van der Waals surface area contributed by atoms with E-state index >= 15 is 0 Å². The zero-order valence-corrected chi connectivity index (χ0v) is 4.75. The normalized spacial score (nSPS) is 8.89. The minimum absolute atomic E-state index is 0.707. The molecule has 48 valence electrons. The smallest absolute Gasteiger partial charge is 0.210 e. The molecule has 0 aliphatic carbocycles. The van der Waals surface area contributed by atoms with E-state index in [2.05, 4.69) is 8.80 Å². The standard InChI is InChI=1S/C2N2O4S/c5-1-3-9(7,8)4-2-6. The predicted molar refractivity (Wildman–Crippen MR) is 25.2 cm³/mol. The second-order valence-electron chi connectivity index (χ2n) is 0.813. The Morgan fingerprint density at radius 2 is 1.33 bits per heavy atom. The van der Waals surface area contributed by atoms with Crippen LogP contribution >= 0.6 is 0 Å². The number of nitrogens with zero attached hydrogens (tertiary/aromatic N) is 2. The molecule has 0 atom stereocenters. The minimum atomic E-state index is -4.28. The number of isocyanates is 2. The summed E-state index contributed by atoms with van der Waals surface area (Å²) in [5.41, 5.74) is 0. The van der Waals surface area contributed by atoms with Crippen molar-refractivity contribution in [1.82, 2.24) is 0 Å². The van der Waals surface area contributed by atoms with E-state index in [-0.39, 0.29) is 0 Å². The van der Waals surface area contributed by atoms with Gasteiger partial charge in [-0.15, -0.1) is 0 Å². The Hall–Kier alpha value is -1.29. The SMILES string of the molecule is O=C=NS(=O)(=O)N=C=O. The average Bonchev–Trinajstić information content (AvgIpc) is 1.64. The molecule has 0 aromatic heterocycles. The lowest BCUT2D eigenvalue weighted by Gasteiger charge is -1.72. The Labute approximate surface area is 50.1 Å². The Kier molecular flexibility index (Phi) is 2.47. The molecule has 0 fully saturated rings. The Bertz CT molecular complexity index is 254. The topological polar surface area (TPSA) is 93.0 Å². The molecular formula is C2N2O4S. The van der Waals surface area contributed by atoms with E-state index in [0.29, 0.717) is 12.2 Å². The molecule has 0 N–H and O–H groups in total. The maximum atomic E-state index is 9.97. The molecule has 0 saturated heterocycles. The summed E-state index contributed by atoms with van der Waals surface area (Å²) in [6, 6.07) is 0. The van der Waals surface area contributed by atoms with Crippen LogP contribution in [0, 0.1) is 0 Å². The highest BCUT2D eigenvalue weighted by Crippen LogP contribution is 1.87. The van der Waals surface area contributed by atoms with Gasteiger partial charge in [-0.25, -0.2) is 9.59 Å². The number of rotatable bonds is 2. The predicted octanol–water partition coefficient (Wildman–Crippen LogP) is -1.10. The zero-order valence-electron chi connectivity index (χ0n) is 3.94. The zero-order chi connectivity index (χ0) is 7.33. The number of carbonyl (C=O) groups excluding carboxylic acids is 2. The lowest BCUT2D eigenvalue weighted by atomic mass is 11.7. The molecule has 0 rings (SSSR count). The second-order valence-corrected chi connectivity index (χ2v) is 2.07. The van der Waals surface area contributed by atoms with Crippen molar-refractivity contribution >= 4 is 22.4 Å². The van der Waals surface area contributed by atoms with E-state index in [9.17, 15) is 18.0 Å². The molecule has 9 heavy (non-hydrogen) atoms. The molecule has 0 aliphatic heterocycles. The fourth-order valence-electron chi connectivity index (χ4n) is 0.115. The average molecular weight is 148 g/mol. The van der Waals surface area contributed by atoms with Gasteiger partial charge in [0.1, 0.15) is 0 Å². The van der Waals surface area contributed by atoms with Gasteiger partial charge in [0.25, 0.3) is 12.2 Å². The maximum Gasteiger partial charge on any atom is 0.383 e. The highest BCUT2D eigenvalue weighted by atomic mass is 32.2. The van der Waals surface area contributed by atoms with E-state index in [1.165, 1.54) is 0 Å². The summed E-state index contributed by atoms with van der Waals surface area (Å²) in [5, 5.41) is 0. The summed E-state index contributed by atoms with van der Waals surface area (Å²) in [6.07, 6.45) is 1.41. The number of hydrogen-bond donors (Lipinski definition) is 0. The molecule has 6 nitrogen and oxygen atoms in total. The molecule has 0 heterocycles. The van der Waals surface area contributed by atoms with Gasteiger partial charge in [0, 0.05) is 0 Å². The monoisotopic (exact) mass is 148 g/mol. The molecule has 0 aliphatic rings. The second kappa shape index (κ2) is 2.88.